The summed E-state index contributed by atoms with van der Waals surface area (Å²) in [6.07, 6.45) is 2.46. The van der Waals surface area contributed by atoms with Crippen LogP contribution in [0.15, 0.2) is 6.20 Å². The number of hydrogen-bond donors (Lipinski definition) is 1. The van der Waals surface area contributed by atoms with Crippen molar-refractivity contribution in [2.75, 3.05) is 13.2 Å². The minimum absolute atomic E-state index is 0.00204. The topological polar surface area (TPSA) is 70.1 Å². The summed E-state index contributed by atoms with van der Waals surface area (Å²) in [5.74, 6) is 0.449. The molecule has 70 valence electrons. The third kappa shape index (κ3) is 1.31. The molecule has 0 saturated carbocycles. The zero-order valence-corrected chi connectivity index (χ0v) is 7.19. The minimum atomic E-state index is -0.122. The van der Waals surface area contributed by atoms with Crippen molar-refractivity contribution in [3.63, 3.8) is 0 Å². The van der Waals surface area contributed by atoms with Crippen LogP contribution in [0.1, 0.15) is 16.8 Å². The molecule has 5 nitrogen and oxygen atoms in total. The van der Waals surface area contributed by atoms with Crippen LogP contribution in [0, 0.1) is 0 Å². The first kappa shape index (κ1) is 8.25. The number of Topliss-reactive ketones (excluding diaryl/α,β-unsaturated/α-hetero) is 1. The molecule has 13 heavy (non-hydrogen) atoms. The molecule has 2 N–H and O–H groups in total. The summed E-state index contributed by atoms with van der Waals surface area (Å²) in [7, 11) is 0. The van der Waals surface area contributed by atoms with E-state index in [0.29, 0.717) is 18.1 Å². The van der Waals surface area contributed by atoms with Crippen LogP contribution in [0.25, 0.3) is 0 Å². The molecule has 0 atom stereocenters. The molecule has 1 aliphatic rings. The second kappa shape index (κ2) is 3.18. The van der Waals surface area contributed by atoms with Gasteiger partial charge in [-0.25, -0.2) is 4.68 Å². The Morgan fingerprint density at radius 3 is 3.38 bits per heavy atom. The summed E-state index contributed by atoms with van der Waals surface area (Å²) in [4.78, 5) is 11.3. The van der Waals surface area contributed by atoms with Gasteiger partial charge in [-0.2, -0.15) is 5.10 Å². The molecule has 2 rings (SSSR count). The fourth-order valence-electron chi connectivity index (χ4n) is 1.37. The zero-order valence-electron chi connectivity index (χ0n) is 7.19. The summed E-state index contributed by atoms with van der Waals surface area (Å²) in [5.41, 5.74) is 5.76. The molecule has 0 amide bonds. The zero-order chi connectivity index (χ0) is 9.26. The van der Waals surface area contributed by atoms with Gasteiger partial charge < -0.3 is 10.5 Å². The molecule has 5 heteroatoms. The lowest BCUT2D eigenvalue weighted by Gasteiger charge is -2.15. The number of rotatable bonds is 2. The minimum Gasteiger partial charge on any atom is -0.477 e. The lowest BCUT2D eigenvalue weighted by atomic mass is 10.2. The van der Waals surface area contributed by atoms with Crippen molar-refractivity contribution in [3.05, 3.63) is 11.8 Å². The number of aryl methyl sites for hydroxylation is 1. The van der Waals surface area contributed by atoms with Crippen LogP contribution in [-0.2, 0) is 6.54 Å². The Kier molecular flexibility index (Phi) is 2.02. The number of aromatic nitrogens is 2. The normalized spacial score (nSPS) is 14.8. The highest BCUT2D eigenvalue weighted by Crippen LogP contribution is 2.22. The smallest absolute Gasteiger partial charge is 0.222 e. The lowest BCUT2D eigenvalue weighted by Crippen LogP contribution is -2.18. The van der Waals surface area contributed by atoms with E-state index in [0.717, 1.165) is 13.0 Å². The maximum absolute atomic E-state index is 11.3. The van der Waals surface area contributed by atoms with Gasteiger partial charge in [-0.05, 0) is 0 Å². The Morgan fingerprint density at radius 1 is 1.77 bits per heavy atom. The first-order valence-electron chi connectivity index (χ1n) is 4.25. The van der Waals surface area contributed by atoms with Gasteiger partial charge in [-0.1, -0.05) is 0 Å². The van der Waals surface area contributed by atoms with Gasteiger partial charge in [0.2, 0.25) is 5.88 Å². The Hall–Kier alpha value is -1.36. The van der Waals surface area contributed by atoms with Crippen molar-refractivity contribution < 1.29 is 9.53 Å². The number of ketones is 1. The van der Waals surface area contributed by atoms with Crippen LogP contribution in [0.5, 0.6) is 5.88 Å². The molecule has 0 radical (unpaired) electrons. The largest absolute Gasteiger partial charge is 0.477 e. The standard InChI is InChI=1S/C8H11N3O2/c9-4-7(12)6-5-10-11-2-1-3-13-8(6)11/h5H,1-4,9H2. The summed E-state index contributed by atoms with van der Waals surface area (Å²) < 4.78 is 7.04. The van der Waals surface area contributed by atoms with E-state index in [9.17, 15) is 4.79 Å². The van der Waals surface area contributed by atoms with Crippen LogP contribution in [0.2, 0.25) is 0 Å². The second-order valence-electron chi connectivity index (χ2n) is 2.92. The van der Waals surface area contributed by atoms with Crippen molar-refractivity contribution in [2.24, 2.45) is 5.73 Å². The third-order valence-corrected chi connectivity index (χ3v) is 2.03. The highest BCUT2D eigenvalue weighted by molar-refractivity contribution is 5.99. The maximum atomic E-state index is 11.3. The van der Waals surface area contributed by atoms with E-state index in [1.807, 2.05) is 0 Å². The Labute approximate surface area is 75.5 Å². The highest BCUT2D eigenvalue weighted by Gasteiger charge is 2.19. The lowest BCUT2D eigenvalue weighted by molar-refractivity contribution is 0.0995. The van der Waals surface area contributed by atoms with Gasteiger partial charge in [0, 0.05) is 13.0 Å². The Balaban J connectivity index is 2.36. The van der Waals surface area contributed by atoms with E-state index in [4.69, 9.17) is 10.5 Å². The molecule has 0 spiro atoms. The second-order valence-corrected chi connectivity index (χ2v) is 2.92. The number of hydrogen-bond acceptors (Lipinski definition) is 4. The number of carbonyl (C=O) groups is 1. The van der Waals surface area contributed by atoms with Gasteiger partial charge in [0.1, 0.15) is 5.56 Å². The van der Waals surface area contributed by atoms with Crippen LogP contribution in [-0.4, -0.2) is 28.7 Å². The van der Waals surface area contributed by atoms with E-state index in [1.165, 1.54) is 6.20 Å². The summed E-state index contributed by atoms with van der Waals surface area (Å²) in [6.45, 7) is 1.46. The van der Waals surface area contributed by atoms with E-state index in [1.54, 1.807) is 4.68 Å². The molecule has 0 bridgehead atoms. The van der Waals surface area contributed by atoms with Crippen LogP contribution < -0.4 is 10.5 Å². The van der Waals surface area contributed by atoms with E-state index in [-0.39, 0.29) is 12.3 Å². The fourth-order valence-corrected chi connectivity index (χ4v) is 1.37. The molecule has 2 heterocycles. The quantitative estimate of drug-likeness (QED) is 0.642. The Bertz CT molecular complexity index is 332. The van der Waals surface area contributed by atoms with Crippen LogP contribution in [0.4, 0.5) is 0 Å². The van der Waals surface area contributed by atoms with Gasteiger partial charge in [-0.15, -0.1) is 0 Å². The highest BCUT2D eigenvalue weighted by atomic mass is 16.5. The molecule has 0 aromatic carbocycles. The van der Waals surface area contributed by atoms with Crippen molar-refractivity contribution in [1.82, 2.24) is 9.78 Å². The monoisotopic (exact) mass is 181 g/mol. The van der Waals surface area contributed by atoms with E-state index in [2.05, 4.69) is 5.10 Å². The fraction of sp³-hybridized carbons (Fsp3) is 0.500. The molecule has 1 aliphatic heterocycles. The van der Waals surface area contributed by atoms with Crippen molar-refractivity contribution >= 4 is 5.78 Å². The average Bonchev–Trinajstić information content (AvgIpc) is 2.60. The molecule has 0 aliphatic carbocycles. The van der Waals surface area contributed by atoms with Gasteiger partial charge in [0.15, 0.2) is 5.78 Å². The summed E-state index contributed by atoms with van der Waals surface area (Å²) in [6, 6.07) is 0. The average molecular weight is 181 g/mol. The van der Waals surface area contributed by atoms with E-state index >= 15 is 0 Å². The van der Waals surface area contributed by atoms with Crippen molar-refractivity contribution in [3.8, 4) is 5.88 Å². The van der Waals surface area contributed by atoms with Gasteiger partial charge in [0.25, 0.3) is 0 Å². The first-order chi connectivity index (χ1) is 6.33. The van der Waals surface area contributed by atoms with Crippen LogP contribution >= 0.6 is 0 Å². The predicted molar refractivity (Wildman–Crippen MR) is 45.7 cm³/mol. The molecule has 0 saturated heterocycles. The number of ether oxygens (including phenoxy) is 1. The predicted octanol–water partition coefficient (Wildman–Crippen LogP) is -0.193. The van der Waals surface area contributed by atoms with Crippen LogP contribution in [0.3, 0.4) is 0 Å². The molecular weight excluding hydrogens is 170 g/mol. The molecular formula is C8H11N3O2. The number of nitrogens with zero attached hydrogens (tertiary/aromatic N) is 2. The number of carbonyl (C=O) groups excluding carboxylic acids is 1. The maximum Gasteiger partial charge on any atom is 0.222 e. The SMILES string of the molecule is NCC(=O)c1cnn2c1OCCC2. The number of fused-ring (bicyclic) bond motifs is 1. The summed E-state index contributed by atoms with van der Waals surface area (Å²) >= 11 is 0. The number of nitrogens with two attached hydrogens (primary N) is 1. The van der Waals surface area contributed by atoms with Gasteiger partial charge in [0.05, 0.1) is 19.3 Å². The van der Waals surface area contributed by atoms with E-state index < -0.39 is 0 Å². The van der Waals surface area contributed by atoms with Crippen molar-refractivity contribution in [2.45, 2.75) is 13.0 Å². The van der Waals surface area contributed by atoms with Gasteiger partial charge >= 0.3 is 0 Å². The molecule has 1 aromatic heterocycles. The first-order valence-corrected chi connectivity index (χ1v) is 4.25. The molecule has 0 unspecified atom stereocenters. The molecule has 0 fully saturated rings. The summed E-state index contributed by atoms with van der Waals surface area (Å²) in [5, 5.41) is 4.04. The van der Waals surface area contributed by atoms with Crippen molar-refractivity contribution in [1.29, 1.82) is 0 Å². The van der Waals surface area contributed by atoms with Gasteiger partial charge in [-0.3, -0.25) is 4.79 Å². The molecule has 1 aromatic rings. The Morgan fingerprint density at radius 2 is 2.62 bits per heavy atom. The third-order valence-electron chi connectivity index (χ3n) is 2.03.